The number of nitrogens with zero attached hydrogens (tertiary/aromatic N) is 2. The van der Waals surface area contributed by atoms with E-state index in [1.165, 1.54) is 5.69 Å². The third-order valence-corrected chi connectivity index (χ3v) is 1.90. The van der Waals surface area contributed by atoms with Gasteiger partial charge in [-0.05, 0) is 12.0 Å². The SMILES string of the molecule is CC(C)c1cc2nccnc2[nH]1.[HH]. The maximum absolute atomic E-state index is 4.19. The standard InChI is InChI=1S/C9H11N3.H2/c1-6(2)7-5-8-9(12-7)11-4-3-10-8;/h3-6H,1-2H3,(H,11,12);1H. The van der Waals surface area contributed by atoms with Crippen LogP contribution in [0, 0.1) is 0 Å². The summed E-state index contributed by atoms with van der Waals surface area (Å²) in [5, 5.41) is 0. The molecule has 2 aromatic heterocycles. The van der Waals surface area contributed by atoms with Crippen LogP contribution in [-0.4, -0.2) is 15.0 Å². The van der Waals surface area contributed by atoms with Crippen molar-refractivity contribution < 1.29 is 1.43 Å². The highest BCUT2D eigenvalue weighted by molar-refractivity contribution is 5.71. The van der Waals surface area contributed by atoms with Gasteiger partial charge in [0.1, 0.15) is 5.52 Å². The van der Waals surface area contributed by atoms with Crippen molar-refractivity contribution >= 4 is 11.2 Å². The smallest absolute Gasteiger partial charge is 0.156 e. The van der Waals surface area contributed by atoms with Crippen LogP contribution in [0.15, 0.2) is 18.5 Å². The Morgan fingerprint density at radius 2 is 2.08 bits per heavy atom. The van der Waals surface area contributed by atoms with E-state index in [0.717, 1.165) is 11.2 Å². The number of hydrogen-bond donors (Lipinski definition) is 1. The van der Waals surface area contributed by atoms with Crippen molar-refractivity contribution in [1.82, 2.24) is 15.0 Å². The van der Waals surface area contributed by atoms with Gasteiger partial charge in [-0.3, -0.25) is 4.98 Å². The number of aromatic nitrogens is 3. The van der Waals surface area contributed by atoms with Crippen molar-refractivity contribution in [3.05, 3.63) is 24.2 Å². The van der Waals surface area contributed by atoms with Gasteiger partial charge in [0.2, 0.25) is 0 Å². The Bertz CT molecular complexity index is 361. The molecule has 0 amide bonds. The fourth-order valence-corrected chi connectivity index (χ4v) is 1.18. The zero-order valence-electron chi connectivity index (χ0n) is 7.20. The molecular weight excluding hydrogens is 150 g/mol. The first-order chi connectivity index (χ1) is 5.77. The van der Waals surface area contributed by atoms with Gasteiger partial charge < -0.3 is 4.98 Å². The molecule has 0 aliphatic heterocycles. The summed E-state index contributed by atoms with van der Waals surface area (Å²) >= 11 is 0. The van der Waals surface area contributed by atoms with E-state index in [1.54, 1.807) is 12.4 Å². The Morgan fingerprint density at radius 3 is 2.75 bits per heavy atom. The van der Waals surface area contributed by atoms with Gasteiger partial charge in [-0.25, -0.2) is 4.98 Å². The zero-order chi connectivity index (χ0) is 8.55. The van der Waals surface area contributed by atoms with E-state index in [-0.39, 0.29) is 1.43 Å². The summed E-state index contributed by atoms with van der Waals surface area (Å²) in [6.45, 7) is 4.29. The van der Waals surface area contributed by atoms with Gasteiger partial charge in [-0.15, -0.1) is 0 Å². The molecule has 1 N–H and O–H groups in total. The molecule has 0 unspecified atom stereocenters. The third-order valence-electron chi connectivity index (χ3n) is 1.90. The predicted octanol–water partition coefficient (Wildman–Crippen LogP) is 2.33. The second kappa shape index (κ2) is 2.59. The molecule has 0 spiro atoms. The number of H-pyrrole nitrogens is 1. The molecule has 64 valence electrons. The van der Waals surface area contributed by atoms with Gasteiger partial charge in [0.25, 0.3) is 0 Å². The number of aromatic amines is 1. The van der Waals surface area contributed by atoms with Crippen LogP contribution >= 0.6 is 0 Å². The molecule has 3 heteroatoms. The average Bonchev–Trinajstić information content (AvgIpc) is 2.46. The Hall–Kier alpha value is -1.38. The first-order valence-corrected chi connectivity index (χ1v) is 4.07. The minimum Gasteiger partial charge on any atom is -0.342 e. The van der Waals surface area contributed by atoms with E-state index >= 15 is 0 Å². The van der Waals surface area contributed by atoms with Crippen molar-refractivity contribution in [3.63, 3.8) is 0 Å². The van der Waals surface area contributed by atoms with Gasteiger partial charge in [-0.2, -0.15) is 0 Å². The number of fused-ring (bicyclic) bond motifs is 1. The zero-order valence-corrected chi connectivity index (χ0v) is 7.20. The van der Waals surface area contributed by atoms with E-state index < -0.39 is 0 Å². The van der Waals surface area contributed by atoms with Crippen LogP contribution in [0.3, 0.4) is 0 Å². The van der Waals surface area contributed by atoms with Gasteiger partial charge >= 0.3 is 0 Å². The Kier molecular flexibility index (Phi) is 1.57. The van der Waals surface area contributed by atoms with Gasteiger partial charge in [0.15, 0.2) is 5.65 Å². The maximum atomic E-state index is 4.19. The molecule has 12 heavy (non-hydrogen) atoms. The predicted molar refractivity (Wildman–Crippen MR) is 50.1 cm³/mol. The first kappa shape index (κ1) is 7.28. The lowest BCUT2D eigenvalue weighted by Crippen LogP contribution is -1.85. The van der Waals surface area contributed by atoms with Crippen LogP contribution in [0.2, 0.25) is 0 Å². The van der Waals surface area contributed by atoms with Gasteiger partial charge in [0, 0.05) is 19.5 Å². The minimum absolute atomic E-state index is 0. The summed E-state index contributed by atoms with van der Waals surface area (Å²) in [7, 11) is 0. The summed E-state index contributed by atoms with van der Waals surface area (Å²) in [6.07, 6.45) is 3.41. The fourth-order valence-electron chi connectivity index (χ4n) is 1.18. The van der Waals surface area contributed by atoms with E-state index in [0.29, 0.717) is 5.92 Å². The van der Waals surface area contributed by atoms with Crippen LogP contribution in [0.25, 0.3) is 11.2 Å². The molecule has 0 aliphatic rings. The van der Waals surface area contributed by atoms with E-state index in [2.05, 4.69) is 28.8 Å². The number of hydrogen-bond acceptors (Lipinski definition) is 2. The highest BCUT2D eigenvalue weighted by Gasteiger charge is 2.04. The van der Waals surface area contributed by atoms with Gasteiger partial charge in [0.05, 0.1) is 0 Å². The van der Waals surface area contributed by atoms with Gasteiger partial charge in [-0.1, -0.05) is 13.8 Å². The molecule has 0 bridgehead atoms. The Labute approximate surface area is 72.3 Å². The number of rotatable bonds is 1. The monoisotopic (exact) mass is 163 g/mol. The lowest BCUT2D eigenvalue weighted by Gasteiger charge is -1.97. The average molecular weight is 163 g/mol. The fraction of sp³-hybridized carbons (Fsp3) is 0.333. The Morgan fingerprint density at radius 1 is 1.33 bits per heavy atom. The highest BCUT2D eigenvalue weighted by atomic mass is 14.9. The molecule has 3 nitrogen and oxygen atoms in total. The quantitative estimate of drug-likeness (QED) is 0.701. The minimum atomic E-state index is 0. The van der Waals surface area contributed by atoms with E-state index in [4.69, 9.17) is 0 Å². The normalized spacial score (nSPS) is 11.2. The number of nitrogens with one attached hydrogen (secondary N) is 1. The summed E-state index contributed by atoms with van der Waals surface area (Å²) in [5.41, 5.74) is 3.01. The maximum Gasteiger partial charge on any atom is 0.156 e. The van der Waals surface area contributed by atoms with Crippen molar-refractivity contribution in [2.75, 3.05) is 0 Å². The molecule has 0 fully saturated rings. The summed E-state index contributed by atoms with van der Waals surface area (Å²) in [6, 6.07) is 2.05. The van der Waals surface area contributed by atoms with Crippen molar-refractivity contribution in [2.24, 2.45) is 0 Å². The molecule has 2 rings (SSSR count). The van der Waals surface area contributed by atoms with Crippen LogP contribution < -0.4 is 0 Å². The Balaban J connectivity index is 0.000000845. The summed E-state index contributed by atoms with van der Waals surface area (Å²) in [4.78, 5) is 11.6. The highest BCUT2D eigenvalue weighted by Crippen LogP contribution is 2.16. The lowest BCUT2D eigenvalue weighted by molar-refractivity contribution is 0.835. The third kappa shape index (κ3) is 1.07. The molecule has 2 heterocycles. The van der Waals surface area contributed by atoms with Crippen LogP contribution in [0.4, 0.5) is 0 Å². The van der Waals surface area contributed by atoms with Crippen molar-refractivity contribution in [1.29, 1.82) is 0 Å². The lowest BCUT2D eigenvalue weighted by atomic mass is 10.1. The van der Waals surface area contributed by atoms with Crippen molar-refractivity contribution in [3.8, 4) is 0 Å². The van der Waals surface area contributed by atoms with E-state index in [1.807, 2.05) is 6.07 Å². The molecule has 0 saturated heterocycles. The molecule has 2 aromatic rings. The molecular formula is C9H13N3. The van der Waals surface area contributed by atoms with Crippen LogP contribution in [0.1, 0.15) is 26.9 Å². The largest absolute Gasteiger partial charge is 0.342 e. The van der Waals surface area contributed by atoms with Crippen LogP contribution in [-0.2, 0) is 0 Å². The first-order valence-electron chi connectivity index (χ1n) is 4.07. The van der Waals surface area contributed by atoms with E-state index in [9.17, 15) is 0 Å². The molecule has 0 radical (unpaired) electrons. The molecule has 0 aliphatic carbocycles. The molecule has 0 aromatic carbocycles. The van der Waals surface area contributed by atoms with Crippen molar-refractivity contribution in [2.45, 2.75) is 19.8 Å². The summed E-state index contributed by atoms with van der Waals surface area (Å²) < 4.78 is 0. The summed E-state index contributed by atoms with van der Waals surface area (Å²) in [5.74, 6) is 0.501. The second-order valence-corrected chi connectivity index (χ2v) is 3.17. The van der Waals surface area contributed by atoms with Crippen LogP contribution in [0.5, 0.6) is 0 Å². The topological polar surface area (TPSA) is 41.6 Å². The second-order valence-electron chi connectivity index (χ2n) is 3.17. The molecule has 0 atom stereocenters. The molecule has 0 saturated carbocycles.